The predicted octanol–water partition coefficient (Wildman–Crippen LogP) is 3.11. The third-order valence-electron chi connectivity index (χ3n) is 5.46. The normalized spacial score (nSPS) is 10.5. The van der Waals surface area contributed by atoms with Crippen LogP contribution in [0.15, 0.2) is 102 Å². The van der Waals surface area contributed by atoms with Crippen molar-refractivity contribution in [3.05, 3.63) is 118 Å². The molecule has 0 radical (unpaired) electrons. The maximum Gasteiger partial charge on any atom is 1.00 e. The summed E-state index contributed by atoms with van der Waals surface area (Å²) in [6.45, 7) is 1.33. The van der Waals surface area contributed by atoms with E-state index in [2.05, 4.69) is 46.7 Å². The van der Waals surface area contributed by atoms with Crippen LogP contribution in [0.1, 0.15) is 20.8 Å². The zero-order chi connectivity index (χ0) is 23.3. The smallest absolute Gasteiger partial charge is 0.545 e. The molecule has 2 aromatic heterocycles. The third-order valence-corrected chi connectivity index (χ3v) is 7.49. The van der Waals surface area contributed by atoms with Crippen molar-refractivity contribution in [2.75, 3.05) is 4.90 Å². The van der Waals surface area contributed by atoms with Crippen LogP contribution in [0, 0.1) is 0 Å². The van der Waals surface area contributed by atoms with E-state index in [1.54, 1.807) is 34.8 Å². The second-order valence-corrected chi connectivity index (χ2v) is 9.84. The molecule has 35 heavy (non-hydrogen) atoms. The number of aromatic carboxylic acids is 1. The Bertz CT molecular complexity index is 1310. The quantitative estimate of drug-likeness (QED) is 0.305. The van der Waals surface area contributed by atoms with Crippen LogP contribution in [0.4, 0.5) is 5.13 Å². The van der Waals surface area contributed by atoms with Gasteiger partial charge in [0.25, 0.3) is 0 Å². The molecule has 5 aromatic rings. The summed E-state index contributed by atoms with van der Waals surface area (Å²) in [6, 6.07) is 31.7. The first kappa shape index (κ1) is 25.4. The summed E-state index contributed by atoms with van der Waals surface area (Å²) in [5.74, 6) is -1.16. The van der Waals surface area contributed by atoms with Gasteiger partial charge in [-0.2, -0.15) is 0 Å². The maximum atomic E-state index is 11.1. The number of anilines is 1. The minimum atomic E-state index is -1.16. The summed E-state index contributed by atoms with van der Waals surface area (Å²) in [5.41, 5.74) is 4.38. The van der Waals surface area contributed by atoms with Gasteiger partial charge in [0.05, 0.1) is 23.1 Å². The Kier molecular flexibility index (Phi) is 8.55. The van der Waals surface area contributed by atoms with Crippen molar-refractivity contribution in [2.45, 2.75) is 13.1 Å². The summed E-state index contributed by atoms with van der Waals surface area (Å²) >= 11 is 3.40. The third kappa shape index (κ3) is 6.10. The van der Waals surface area contributed by atoms with E-state index in [0.717, 1.165) is 38.9 Å². The molecule has 0 atom stereocenters. The van der Waals surface area contributed by atoms with E-state index in [4.69, 9.17) is 4.98 Å². The molecular weight excluding hydrogens is 483 g/mol. The van der Waals surface area contributed by atoms with Gasteiger partial charge in [-0.1, -0.05) is 102 Å². The van der Waals surface area contributed by atoms with Gasteiger partial charge in [0, 0.05) is 17.0 Å². The molecule has 0 unspecified atom stereocenters. The molecule has 0 aliphatic heterocycles. The Morgan fingerprint density at radius 1 is 0.800 bits per heavy atom. The molecule has 0 amide bonds. The van der Waals surface area contributed by atoms with Gasteiger partial charge in [-0.05, 0) is 28.1 Å². The Balaban J connectivity index is 0.00000289. The number of hydrogen-bond donors (Lipinski definition) is 0. The van der Waals surface area contributed by atoms with Crippen LogP contribution in [-0.2, 0) is 13.1 Å². The van der Waals surface area contributed by atoms with E-state index < -0.39 is 5.97 Å². The molecule has 0 bridgehead atoms. The van der Waals surface area contributed by atoms with Crippen LogP contribution in [0.3, 0.4) is 0 Å². The number of carboxylic acids is 1. The van der Waals surface area contributed by atoms with Gasteiger partial charge >= 0.3 is 29.6 Å². The van der Waals surface area contributed by atoms with Gasteiger partial charge in [0.2, 0.25) is 0 Å². The van der Waals surface area contributed by atoms with Gasteiger partial charge in [-0.15, -0.1) is 11.3 Å². The summed E-state index contributed by atoms with van der Waals surface area (Å²) in [7, 11) is 0. The van der Waals surface area contributed by atoms with Gasteiger partial charge in [0.1, 0.15) is 0 Å². The minimum absolute atomic E-state index is 0. The molecule has 0 fully saturated rings. The fourth-order valence-corrected chi connectivity index (χ4v) is 5.58. The van der Waals surface area contributed by atoms with E-state index >= 15 is 0 Å². The Morgan fingerprint density at radius 3 is 2.06 bits per heavy atom. The van der Waals surface area contributed by atoms with Crippen molar-refractivity contribution >= 4 is 33.8 Å². The fraction of sp³-hybridized carbons (Fsp3) is 0.0714. The van der Waals surface area contributed by atoms with Crippen LogP contribution in [0.2, 0.25) is 0 Å². The number of thiophene rings is 1. The molecule has 0 aliphatic carbocycles. The molecule has 0 aliphatic rings. The molecule has 2 heterocycles. The predicted molar refractivity (Wildman–Crippen MR) is 138 cm³/mol. The largest absolute Gasteiger partial charge is 1.00 e. The Hall–Kier alpha value is -2.74. The average molecular weight is 505 g/mol. The number of aromatic nitrogens is 1. The first-order chi connectivity index (χ1) is 16.7. The Labute approximate surface area is 234 Å². The number of nitrogens with zero attached hydrogens (tertiary/aromatic N) is 2. The van der Waals surface area contributed by atoms with Gasteiger partial charge in [-0.25, -0.2) is 4.98 Å². The van der Waals surface area contributed by atoms with E-state index in [1.807, 2.05) is 48.5 Å². The molecule has 4 nitrogen and oxygen atoms in total. The number of thiazole rings is 1. The molecule has 168 valence electrons. The molecule has 0 spiro atoms. The maximum absolute atomic E-state index is 11.1. The van der Waals surface area contributed by atoms with E-state index in [0.29, 0.717) is 6.54 Å². The molecule has 5 rings (SSSR count). The molecule has 7 heteroatoms. The van der Waals surface area contributed by atoms with Crippen LogP contribution >= 0.6 is 22.7 Å². The Morgan fingerprint density at radius 2 is 1.46 bits per heavy atom. The molecular formula is C28H21N2NaO2S2. The second-order valence-electron chi connectivity index (χ2n) is 7.83. The van der Waals surface area contributed by atoms with Gasteiger partial charge < -0.3 is 14.8 Å². The van der Waals surface area contributed by atoms with E-state index in [1.165, 1.54) is 4.88 Å². The minimum Gasteiger partial charge on any atom is -0.545 e. The van der Waals surface area contributed by atoms with E-state index in [9.17, 15) is 9.90 Å². The topological polar surface area (TPSA) is 56.3 Å². The van der Waals surface area contributed by atoms with Crippen LogP contribution in [0.25, 0.3) is 21.7 Å². The molecule has 0 saturated heterocycles. The van der Waals surface area contributed by atoms with Crippen molar-refractivity contribution in [3.8, 4) is 21.7 Å². The monoisotopic (exact) mass is 504 g/mol. The summed E-state index contributed by atoms with van der Waals surface area (Å²) in [5, 5.41) is 14.2. The summed E-state index contributed by atoms with van der Waals surface area (Å²) < 4.78 is 0. The van der Waals surface area contributed by atoms with E-state index in [-0.39, 0.29) is 35.1 Å². The molecule has 3 aromatic carbocycles. The molecule has 0 saturated carbocycles. The van der Waals surface area contributed by atoms with Crippen LogP contribution in [-0.4, -0.2) is 11.0 Å². The first-order valence-corrected chi connectivity index (χ1v) is 12.6. The SMILES string of the molecule is O=C([O-])c1ccc(CN(Cc2cccs2)c2nc(-c3ccccc3)c(-c3ccccc3)s2)cc1.[Na+]. The van der Waals surface area contributed by atoms with Gasteiger partial charge in [0.15, 0.2) is 5.13 Å². The summed E-state index contributed by atoms with van der Waals surface area (Å²) in [6.07, 6.45) is 0. The summed E-state index contributed by atoms with van der Waals surface area (Å²) in [4.78, 5) is 20.9. The second kappa shape index (κ2) is 11.8. The zero-order valence-corrected chi connectivity index (χ0v) is 22.9. The average Bonchev–Trinajstić information content (AvgIpc) is 3.55. The van der Waals surface area contributed by atoms with Crippen molar-refractivity contribution in [1.82, 2.24) is 4.98 Å². The first-order valence-electron chi connectivity index (χ1n) is 10.9. The van der Waals surface area contributed by atoms with Crippen LogP contribution < -0.4 is 39.6 Å². The van der Waals surface area contributed by atoms with Crippen molar-refractivity contribution in [3.63, 3.8) is 0 Å². The standard InChI is InChI=1S/C28H22N2O2S2.Na/c31-27(32)23-15-13-20(14-16-23)18-30(19-24-12-7-17-33-24)28-29-25(21-8-3-1-4-9-21)26(34-28)22-10-5-2-6-11-22;/h1-17H,18-19H2,(H,31,32);/q;+1/p-1. The van der Waals surface area contributed by atoms with Crippen molar-refractivity contribution < 1.29 is 39.5 Å². The van der Waals surface area contributed by atoms with Crippen molar-refractivity contribution in [1.29, 1.82) is 0 Å². The number of carboxylic acid groups (broad SMARTS) is 1. The van der Waals surface area contributed by atoms with Gasteiger partial charge in [-0.3, -0.25) is 0 Å². The van der Waals surface area contributed by atoms with Crippen molar-refractivity contribution in [2.24, 2.45) is 0 Å². The number of carbonyl (C=O) groups is 1. The number of benzene rings is 3. The zero-order valence-electron chi connectivity index (χ0n) is 19.3. The fourth-order valence-electron chi connectivity index (χ4n) is 3.77. The van der Waals surface area contributed by atoms with Crippen LogP contribution in [0.5, 0.6) is 0 Å². The number of hydrogen-bond acceptors (Lipinski definition) is 6. The molecule has 0 N–H and O–H groups in total. The number of carbonyl (C=O) groups excluding carboxylic acids is 1. The number of rotatable bonds is 8.